The van der Waals surface area contributed by atoms with Gasteiger partial charge in [0, 0.05) is 35.7 Å². The number of carbonyl (C=O) groups excluding carboxylic acids is 2. The molecule has 1 saturated heterocycles. The molecule has 4 heterocycles. The summed E-state index contributed by atoms with van der Waals surface area (Å²) in [5.41, 5.74) is 2.83. The average Bonchev–Trinajstić information content (AvgIpc) is 3.07. The molecule has 0 bridgehead atoms. The van der Waals surface area contributed by atoms with Crippen molar-refractivity contribution in [2.75, 3.05) is 17.3 Å². The van der Waals surface area contributed by atoms with Crippen LogP contribution in [0, 0.1) is 0 Å². The molecule has 0 atom stereocenters. The molecule has 1 saturated carbocycles. The highest BCUT2D eigenvalue weighted by molar-refractivity contribution is 7.08. The number of rotatable bonds is 5. The summed E-state index contributed by atoms with van der Waals surface area (Å²) in [5.74, 6) is 1.00. The molecule has 0 aromatic carbocycles. The van der Waals surface area contributed by atoms with Crippen LogP contribution < -0.4 is 15.5 Å². The standard InChI is InChI=1S/C19H18N6O2S/c1-24(14-4-5-28-10-14)15-8-16(21-13-2-3-13)25-18(22-15)12(9-20-25)6-11-7-17(26)23-19(11)27/h4-6,8-10,13,21H,2-3,7H2,1H3,(H,23,26,27)/b11-6+. The molecule has 8 nitrogen and oxygen atoms in total. The minimum Gasteiger partial charge on any atom is -0.367 e. The van der Waals surface area contributed by atoms with E-state index in [4.69, 9.17) is 4.98 Å². The highest BCUT2D eigenvalue weighted by atomic mass is 32.1. The van der Waals surface area contributed by atoms with E-state index in [9.17, 15) is 9.59 Å². The predicted molar refractivity (Wildman–Crippen MR) is 108 cm³/mol. The van der Waals surface area contributed by atoms with Crippen LogP contribution in [0.4, 0.5) is 17.3 Å². The van der Waals surface area contributed by atoms with Crippen molar-refractivity contribution in [3.8, 4) is 0 Å². The normalized spacial score (nSPS) is 18.1. The number of anilines is 3. The number of aromatic nitrogens is 3. The Morgan fingerprint density at radius 1 is 1.39 bits per heavy atom. The molecule has 0 spiro atoms. The number of nitrogens with one attached hydrogen (secondary N) is 2. The van der Waals surface area contributed by atoms with Gasteiger partial charge in [0.2, 0.25) is 5.91 Å². The van der Waals surface area contributed by atoms with Crippen LogP contribution in [0.25, 0.3) is 11.7 Å². The van der Waals surface area contributed by atoms with Crippen LogP contribution in [0.15, 0.2) is 34.7 Å². The van der Waals surface area contributed by atoms with Gasteiger partial charge in [-0.05, 0) is 30.4 Å². The second kappa shape index (κ2) is 6.45. The largest absolute Gasteiger partial charge is 0.367 e. The van der Waals surface area contributed by atoms with E-state index in [2.05, 4.69) is 21.1 Å². The highest BCUT2D eigenvalue weighted by Gasteiger charge is 2.26. The van der Waals surface area contributed by atoms with Crippen LogP contribution in [0.1, 0.15) is 24.8 Å². The molecule has 3 aromatic heterocycles. The van der Waals surface area contributed by atoms with E-state index >= 15 is 0 Å². The number of carbonyl (C=O) groups is 2. The number of amides is 2. The molecule has 2 aliphatic rings. The van der Waals surface area contributed by atoms with Crippen molar-refractivity contribution >= 4 is 52.2 Å². The molecule has 2 amide bonds. The van der Waals surface area contributed by atoms with Crippen molar-refractivity contribution in [3.63, 3.8) is 0 Å². The molecule has 0 radical (unpaired) electrons. The summed E-state index contributed by atoms with van der Waals surface area (Å²) >= 11 is 1.63. The molecule has 5 rings (SSSR count). The molecule has 2 N–H and O–H groups in total. The van der Waals surface area contributed by atoms with E-state index in [-0.39, 0.29) is 18.2 Å². The molecule has 1 aliphatic carbocycles. The van der Waals surface area contributed by atoms with Crippen molar-refractivity contribution < 1.29 is 9.59 Å². The first kappa shape index (κ1) is 16.9. The number of fused-ring (bicyclic) bond motifs is 1. The van der Waals surface area contributed by atoms with Gasteiger partial charge in [0.15, 0.2) is 5.65 Å². The first-order valence-corrected chi connectivity index (χ1v) is 9.99. The first-order valence-electron chi connectivity index (χ1n) is 9.04. The lowest BCUT2D eigenvalue weighted by atomic mass is 10.1. The number of imide groups is 1. The monoisotopic (exact) mass is 394 g/mol. The Balaban J connectivity index is 1.62. The van der Waals surface area contributed by atoms with Crippen molar-refractivity contribution in [3.05, 3.63) is 40.2 Å². The zero-order valence-corrected chi connectivity index (χ0v) is 16.0. The zero-order chi connectivity index (χ0) is 19.3. The van der Waals surface area contributed by atoms with Crippen LogP contribution in [-0.2, 0) is 9.59 Å². The van der Waals surface area contributed by atoms with Gasteiger partial charge in [-0.1, -0.05) is 0 Å². The maximum Gasteiger partial charge on any atom is 0.254 e. The summed E-state index contributed by atoms with van der Waals surface area (Å²) < 4.78 is 1.75. The third kappa shape index (κ3) is 3.03. The topological polar surface area (TPSA) is 91.6 Å². The van der Waals surface area contributed by atoms with Crippen LogP contribution in [0.5, 0.6) is 0 Å². The Kier molecular flexibility index (Phi) is 3.90. The summed E-state index contributed by atoms with van der Waals surface area (Å²) in [7, 11) is 1.97. The Labute approximate surface area is 164 Å². The SMILES string of the molecule is CN(c1ccsc1)c1cc(NC2CC2)n2ncc(/C=C3\CC(=O)NC3=O)c2n1. The Hall–Kier alpha value is -3.20. The van der Waals surface area contributed by atoms with E-state index in [1.54, 1.807) is 28.1 Å². The predicted octanol–water partition coefficient (Wildman–Crippen LogP) is 2.56. The minimum absolute atomic E-state index is 0.0812. The summed E-state index contributed by atoms with van der Waals surface area (Å²) in [6.07, 6.45) is 5.74. The minimum atomic E-state index is -0.354. The van der Waals surface area contributed by atoms with Gasteiger partial charge in [-0.2, -0.15) is 21.0 Å². The lowest BCUT2D eigenvalue weighted by Gasteiger charge is -2.18. The zero-order valence-electron chi connectivity index (χ0n) is 15.2. The second-order valence-electron chi connectivity index (χ2n) is 7.02. The van der Waals surface area contributed by atoms with Gasteiger partial charge >= 0.3 is 0 Å². The summed E-state index contributed by atoms with van der Waals surface area (Å²) in [6, 6.07) is 4.48. The van der Waals surface area contributed by atoms with Gasteiger partial charge in [0.25, 0.3) is 5.91 Å². The molecule has 1 aliphatic heterocycles. The highest BCUT2D eigenvalue weighted by Crippen LogP contribution is 2.31. The lowest BCUT2D eigenvalue weighted by Crippen LogP contribution is -2.19. The molecule has 0 unspecified atom stereocenters. The quantitative estimate of drug-likeness (QED) is 0.510. The van der Waals surface area contributed by atoms with Crippen molar-refractivity contribution in [2.24, 2.45) is 0 Å². The maximum atomic E-state index is 11.9. The summed E-state index contributed by atoms with van der Waals surface area (Å²) in [6.45, 7) is 0. The first-order chi connectivity index (χ1) is 13.6. The van der Waals surface area contributed by atoms with Crippen LogP contribution in [0.2, 0.25) is 0 Å². The van der Waals surface area contributed by atoms with E-state index in [1.807, 2.05) is 29.5 Å². The number of thiophene rings is 1. The fourth-order valence-electron chi connectivity index (χ4n) is 3.17. The number of hydrogen-bond donors (Lipinski definition) is 2. The Bertz CT molecular complexity index is 1110. The molecule has 2 fully saturated rings. The molecule has 3 aromatic rings. The Morgan fingerprint density at radius 3 is 2.93 bits per heavy atom. The number of hydrogen-bond acceptors (Lipinski definition) is 7. The van der Waals surface area contributed by atoms with E-state index in [0.29, 0.717) is 22.8 Å². The van der Waals surface area contributed by atoms with Crippen LogP contribution in [0.3, 0.4) is 0 Å². The summed E-state index contributed by atoms with van der Waals surface area (Å²) in [4.78, 5) is 30.2. The lowest BCUT2D eigenvalue weighted by molar-refractivity contribution is -0.124. The molecule has 142 valence electrons. The molecular formula is C19H18N6O2S. The van der Waals surface area contributed by atoms with Crippen molar-refractivity contribution in [1.82, 2.24) is 19.9 Å². The fourth-order valence-corrected chi connectivity index (χ4v) is 3.84. The average molecular weight is 394 g/mol. The van der Waals surface area contributed by atoms with Crippen molar-refractivity contribution in [1.29, 1.82) is 0 Å². The second-order valence-corrected chi connectivity index (χ2v) is 7.80. The van der Waals surface area contributed by atoms with E-state index < -0.39 is 0 Å². The third-order valence-electron chi connectivity index (χ3n) is 4.88. The van der Waals surface area contributed by atoms with E-state index in [0.717, 1.165) is 30.2 Å². The smallest absolute Gasteiger partial charge is 0.254 e. The van der Waals surface area contributed by atoms with Crippen LogP contribution in [-0.4, -0.2) is 39.5 Å². The molecule has 28 heavy (non-hydrogen) atoms. The van der Waals surface area contributed by atoms with Gasteiger partial charge in [0.05, 0.1) is 18.3 Å². The van der Waals surface area contributed by atoms with Gasteiger partial charge < -0.3 is 10.2 Å². The third-order valence-corrected chi connectivity index (χ3v) is 5.55. The van der Waals surface area contributed by atoms with E-state index in [1.165, 1.54) is 0 Å². The van der Waals surface area contributed by atoms with Gasteiger partial charge in [0.1, 0.15) is 11.6 Å². The van der Waals surface area contributed by atoms with Crippen molar-refractivity contribution in [2.45, 2.75) is 25.3 Å². The fraction of sp³-hybridized carbons (Fsp3) is 0.263. The van der Waals surface area contributed by atoms with Crippen LogP contribution >= 0.6 is 11.3 Å². The maximum absolute atomic E-state index is 11.9. The van der Waals surface area contributed by atoms with Gasteiger partial charge in [-0.25, -0.2) is 4.98 Å². The molecule has 9 heteroatoms. The summed E-state index contributed by atoms with van der Waals surface area (Å²) in [5, 5.41) is 14.4. The van der Waals surface area contributed by atoms with Gasteiger partial charge in [-0.3, -0.25) is 14.9 Å². The van der Waals surface area contributed by atoms with Gasteiger partial charge in [-0.15, -0.1) is 0 Å². The number of nitrogens with zero attached hydrogens (tertiary/aromatic N) is 4. The molecular weight excluding hydrogens is 376 g/mol. The Morgan fingerprint density at radius 2 is 2.25 bits per heavy atom.